The summed E-state index contributed by atoms with van der Waals surface area (Å²) in [6.07, 6.45) is 2.17. The molecule has 0 radical (unpaired) electrons. The Morgan fingerprint density at radius 3 is 2.76 bits per heavy atom. The number of hydrogen-bond donors (Lipinski definition) is 1. The van der Waals surface area contributed by atoms with Crippen molar-refractivity contribution < 1.29 is 8.42 Å². The van der Waals surface area contributed by atoms with Gasteiger partial charge >= 0.3 is 0 Å². The van der Waals surface area contributed by atoms with E-state index < -0.39 is 10.0 Å². The predicted molar refractivity (Wildman–Crippen MR) is 63.7 cm³/mol. The fraction of sp³-hybridized carbons (Fsp3) is 0.417. The predicted octanol–water partition coefficient (Wildman–Crippen LogP) is 1.64. The molecule has 1 aromatic carbocycles. The van der Waals surface area contributed by atoms with E-state index in [9.17, 15) is 8.42 Å². The van der Waals surface area contributed by atoms with Crippen molar-refractivity contribution in [3.8, 4) is 6.07 Å². The molecule has 1 aliphatic carbocycles. The van der Waals surface area contributed by atoms with E-state index in [-0.39, 0.29) is 10.9 Å². The van der Waals surface area contributed by atoms with E-state index in [1.54, 1.807) is 12.1 Å². The van der Waals surface area contributed by atoms with Gasteiger partial charge in [0.2, 0.25) is 10.0 Å². The third-order valence-electron chi connectivity index (χ3n) is 2.94. The Morgan fingerprint density at radius 1 is 1.47 bits per heavy atom. The summed E-state index contributed by atoms with van der Waals surface area (Å²) < 4.78 is 26.7. The van der Waals surface area contributed by atoms with Crippen molar-refractivity contribution in [3.05, 3.63) is 29.8 Å². The second-order valence-corrected chi connectivity index (χ2v) is 6.10. The van der Waals surface area contributed by atoms with Crippen LogP contribution in [0, 0.1) is 17.2 Å². The Kier molecular flexibility index (Phi) is 3.18. The molecule has 1 N–H and O–H groups in total. The maximum atomic E-state index is 12.0. The Hall–Kier alpha value is -1.38. The first-order valence-electron chi connectivity index (χ1n) is 5.55. The van der Waals surface area contributed by atoms with E-state index in [0.717, 1.165) is 12.8 Å². The summed E-state index contributed by atoms with van der Waals surface area (Å²) in [5, 5.41) is 8.74. The lowest BCUT2D eigenvalue weighted by Crippen LogP contribution is -2.34. The van der Waals surface area contributed by atoms with Crippen molar-refractivity contribution in [1.82, 2.24) is 4.72 Å². The number of nitriles is 1. The van der Waals surface area contributed by atoms with Gasteiger partial charge in [-0.15, -0.1) is 0 Å². The topological polar surface area (TPSA) is 70.0 Å². The maximum Gasteiger partial charge on any atom is 0.240 e. The van der Waals surface area contributed by atoms with E-state index in [4.69, 9.17) is 5.26 Å². The first kappa shape index (κ1) is 12.1. The number of benzene rings is 1. The highest BCUT2D eigenvalue weighted by Crippen LogP contribution is 2.33. The molecule has 0 saturated heterocycles. The van der Waals surface area contributed by atoms with Gasteiger partial charge in [-0.2, -0.15) is 5.26 Å². The first-order valence-corrected chi connectivity index (χ1v) is 7.04. The van der Waals surface area contributed by atoms with E-state index in [1.165, 1.54) is 12.1 Å². The SMILES string of the molecule is C[C@@H](NS(=O)(=O)c1cccc(C#N)c1)C1CC1. The molecule has 1 aromatic rings. The third kappa shape index (κ3) is 2.84. The molecule has 0 aromatic heterocycles. The molecule has 90 valence electrons. The third-order valence-corrected chi connectivity index (χ3v) is 4.50. The van der Waals surface area contributed by atoms with Crippen LogP contribution in [0.15, 0.2) is 29.2 Å². The second kappa shape index (κ2) is 4.47. The number of sulfonamides is 1. The quantitative estimate of drug-likeness (QED) is 0.883. The van der Waals surface area contributed by atoms with Crippen molar-refractivity contribution >= 4 is 10.0 Å². The highest BCUT2D eigenvalue weighted by Gasteiger charge is 2.31. The fourth-order valence-corrected chi connectivity index (χ4v) is 3.10. The zero-order valence-electron chi connectivity index (χ0n) is 9.55. The molecule has 0 unspecified atom stereocenters. The molecule has 0 heterocycles. The first-order chi connectivity index (χ1) is 8.03. The van der Waals surface area contributed by atoms with Crippen LogP contribution in [-0.4, -0.2) is 14.5 Å². The van der Waals surface area contributed by atoms with Gasteiger partial charge in [-0.25, -0.2) is 13.1 Å². The summed E-state index contributed by atoms with van der Waals surface area (Å²) in [6, 6.07) is 7.96. The van der Waals surface area contributed by atoms with Gasteiger partial charge in [0.05, 0.1) is 16.5 Å². The van der Waals surface area contributed by atoms with Crippen molar-refractivity contribution in [2.24, 2.45) is 5.92 Å². The maximum absolute atomic E-state index is 12.0. The lowest BCUT2D eigenvalue weighted by Gasteiger charge is -2.13. The van der Waals surface area contributed by atoms with Crippen molar-refractivity contribution in [1.29, 1.82) is 5.26 Å². The molecular weight excluding hydrogens is 236 g/mol. The van der Waals surface area contributed by atoms with E-state index >= 15 is 0 Å². The molecule has 1 saturated carbocycles. The van der Waals surface area contributed by atoms with Crippen LogP contribution in [0.25, 0.3) is 0 Å². The zero-order chi connectivity index (χ0) is 12.5. The van der Waals surface area contributed by atoms with Crippen molar-refractivity contribution in [2.75, 3.05) is 0 Å². The average Bonchev–Trinajstić information content (AvgIpc) is 3.12. The molecule has 0 aliphatic heterocycles. The number of nitrogens with zero attached hydrogens (tertiary/aromatic N) is 1. The van der Waals surface area contributed by atoms with E-state index in [0.29, 0.717) is 11.5 Å². The zero-order valence-corrected chi connectivity index (χ0v) is 10.4. The Bertz CT molecular complexity index is 556. The minimum Gasteiger partial charge on any atom is -0.208 e. The van der Waals surface area contributed by atoms with Gasteiger partial charge in [-0.05, 0) is 43.9 Å². The highest BCUT2D eigenvalue weighted by molar-refractivity contribution is 7.89. The minimum absolute atomic E-state index is 0.0364. The summed E-state index contributed by atoms with van der Waals surface area (Å²) in [4.78, 5) is 0.157. The summed E-state index contributed by atoms with van der Waals surface area (Å²) in [7, 11) is -3.50. The van der Waals surface area contributed by atoms with Crippen molar-refractivity contribution in [2.45, 2.75) is 30.7 Å². The number of hydrogen-bond acceptors (Lipinski definition) is 3. The minimum atomic E-state index is -3.50. The van der Waals surface area contributed by atoms with Gasteiger partial charge in [0, 0.05) is 6.04 Å². The monoisotopic (exact) mass is 250 g/mol. The van der Waals surface area contributed by atoms with Crippen LogP contribution < -0.4 is 4.72 Å². The van der Waals surface area contributed by atoms with Crippen LogP contribution in [0.3, 0.4) is 0 Å². The van der Waals surface area contributed by atoms with Crippen LogP contribution in [0.1, 0.15) is 25.3 Å². The van der Waals surface area contributed by atoms with E-state index in [2.05, 4.69) is 4.72 Å². The highest BCUT2D eigenvalue weighted by atomic mass is 32.2. The van der Waals surface area contributed by atoms with Gasteiger partial charge in [-0.3, -0.25) is 0 Å². The summed E-state index contributed by atoms with van der Waals surface area (Å²) in [6.45, 7) is 1.88. The molecule has 0 bridgehead atoms. The molecule has 1 atom stereocenters. The standard InChI is InChI=1S/C12H14N2O2S/c1-9(11-5-6-11)14-17(15,16)12-4-2-3-10(7-12)8-13/h2-4,7,9,11,14H,5-6H2,1H3/t9-/m1/s1. The van der Waals surface area contributed by atoms with Gasteiger partial charge < -0.3 is 0 Å². The number of rotatable bonds is 4. The van der Waals surface area contributed by atoms with Crippen LogP contribution in [0.2, 0.25) is 0 Å². The van der Waals surface area contributed by atoms with Crippen LogP contribution in [0.4, 0.5) is 0 Å². The van der Waals surface area contributed by atoms with Crippen LogP contribution >= 0.6 is 0 Å². The normalized spacial score (nSPS) is 17.4. The molecule has 1 aliphatic rings. The average molecular weight is 250 g/mol. The summed E-state index contributed by atoms with van der Waals surface area (Å²) in [5.41, 5.74) is 0.354. The molecule has 4 nitrogen and oxygen atoms in total. The number of nitrogens with one attached hydrogen (secondary N) is 1. The lowest BCUT2D eigenvalue weighted by atomic mass is 10.2. The molecule has 5 heteroatoms. The fourth-order valence-electron chi connectivity index (χ4n) is 1.74. The molecule has 17 heavy (non-hydrogen) atoms. The molecule has 2 rings (SSSR count). The van der Waals surface area contributed by atoms with Crippen LogP contribution in [-0.2, 0) is 10.0 Å². The molecule has 0 spiro atoms. The van der Waals surface area contributed by atoms with Gasteiger partial charge in [0.25, 0.3) is 0 Å². The van der Waals surface area contributed by atoms with E-state index in [1.807, 2.05) is 13.0 Å². The second-order valence-electron chi connectivity index (χ2n) is 4.39. The van der Waals surface area contributed by atoms with Crippen LogP contribution in [0.5, 0.6) is 0 Å². The smallest absolute Gasteiger partial charge is 0.208 e. The Balaban J connectivity index is 2.21. The lowest BCUT2D eigenvalue weighted by molar-refractivity contribution is 0.538. The summed E-state index contributed by atoms with van der Waals surface area (Å²) in [5.74, 6) is 0.462. The van der Waals surface area contributed by atoms with Gasteiger partial charge in [-0.1, -0.05) is 6.07 Å². The molecular formula is C12H14N2O2S. The Morgan fingerprint density at radius 2 is 2.18 bits per heavy atom. The Labute approximate surface area is 101 Å². The molecule has 1 fully saturated rings. The van der Waals surface area contributed by atoms with Crippen molar-refractivity contribution in [3.63, 3.8) is 0 Å². The largest absolute Gasteiger partial charge is 0.240 e. The van der Waals surface area contributed by atoms with Gasteiger partial charge in [0.1, 0.15) is 0 Å². The summed E-state index contributed by atoms with van der Waals surface area (Å²) >= 11 is 0. The van der Waals surface area contributed by atoms with Gasteiger partial charge in [0.15, 0.2) is 0 Å². The molecule has 0 amide bonds.